The monoisotopic (exact) mass is 393 g/mol. The molecule has 0 unspecified atom stereocenters. The number of aromatic nitrogens is 1. The van der Waals surface area contributed by atoms with Crippen molar-refractivity contribution in [2.24, 2.45) is 0 Å². The number of hydrogen-bond acceptors (Lipinski definition) is 5. The zero-order valence-corrected chi connectivity index (χ0v) is 16.6. The Morgan fingerprint density at radius 3 is 2.41 bits per heavy atom. The summed E-state index contributed by atoms with van der Waals surface area (Å²) in [5, 5.41) is 9.55. The molecule has 0 fully saturated rings. The molecule has 1 heterocycles. The number of benzene rings is 2. The molecule has 3 aromatic rings. The van der Waals surface area contributed by atoms with Crippen LogP contribution in [0.25, 0.3) is 0 Å². The van der Waals surface area contributed by atoms with E-state index in [1.807, 2.05) is 26.0 Å². The summed E-state index contributed by atoms with van der Waals surface area (Å²) in [6.07, 6.45) is 0.880. The summed E-state index contributed by atoms with van der Waals surface area (Å²) in [5.74, 6) is 0.950. The van der Waals surface area contributed by atoms with Crippen molar-refractivity contribution in [2.75, 3.05) is 17.7 Å². The first-order valence-electron chi connectivity index (χ1n) is 9.24. The van der Waals surface area contributed by atoms with Gasteiger partial charge in [-0.25, -0.2) is 0 Å². The Balaban J connectivity index is 1.56. The van der Waals surface area contributed by atoms with Gasteiger partial charge in [-0.2, -0.15) is 0 Å². The third-order valence-corrected chi connectivity index (χ3v) is 4.57. The predicted octanol–water partition coefficient (Wildman–Crippen LogP) is 4.12. The number of ether oxygens (including phenoxy) is 1. The molecule has 3 rings (SSSR count). The van der Waals surface area contributed by atoms with Crippen molar-refractivity contribution in [1.29, 1.82) is 0 Å². The molecule has 7 heteroatoms. The van der Waals surface area contributed by atoms with Crippen molar-refractivity contribution in [2.45, 2.75) is 26.7 Å². The van der Waals surface area contributed by atoms with E-state index < -0.39 is 0 Å². The van der Waals surface area contributed by atoms with Gasteiger partial charge < -0.3 is 19.9 Å². The second-order valence-electron chi connectivity index (χ2n) is 6.58. The molecule has 0 saturated carbocycles. The fraction of sp³-hybridized carbons (Fsp3) is 0.227. The van der Waals surface area contributed by atoms with Gasteiger partial charge in [0.05, 0.1) is 18.5 Å². The van der Waals surface area contributed by atoms with Gasteiger partial charge in [0.2, 0.25) is 5.91 Å². The number of rotatable bonds is 7. The van der Waals surface area contributed by atoms with Gasteiger partial charge in [0, 0.05) is 23.2 Å². The number of para-hydroxylation sites is 2. The number of nitrogens with zero attached hydrogens (tertiary/aromatic N) is 1. The number of anilines is 2. The Bertz CT molecular complexity index is 990. The van der Waals surface area contributed by atoms with Gasteiger partial charge in [-0.15, -0.1) is 0 Å². The van der Waals surface area contributed by atoms with Gasteiger partial charge in [0.1, 0.15) is 11.5 Å². The SMILES string of the molecule is COc1ccccc1NC(=O)c1ccc(NC(=O)CCc2c(C)noc2C)cc1. The lowest BCUT2D eigenvalue weighted by Gasteiger charge is -2.10. The van der Waals surface area contributed by atoms with E-state index >= 15 is 0 Å². The molecule has 0 atom stereocenters. The highest BCUT2D eigenvalue weighted by Gasteiger charge is 2.12. The van der Waals surface area contributed by atoms with Gasteiger partial charge in [-0.05, 0) is 56.7 Å². The second-order valence-corrected chi connectivity index (χ2v) is 6.58. The fourth-order valence-electron chi connectivity index (χ4n) is 2.97. The third-order valence-electron chi connectivity index (χ3n) is 4.57. The van der Waals surface area contributed by atoms with E-state index in [1.165, 1.54) is 0 Å². The summed E-state index contributed by atoms with van der Waals surface area (Å²) in [7, 11) is 1.55. The van der Waals surface area contributed by atoms with Crippen LogP contribution in [0.5, 0.6) is 5.75 Å². The molecule has 0 radical (unpaired) electrons. The van der Waals surface area contributed by atoms with E-state index in [4.69, 9.17) is 9.26 Å². The highest BCUT2D eigenvalue weighted by atomic mass is 16.5. The van der Waals surface area contributed by atoms with Crippen LogP contribution in [0.2, 0.25) is 0 Å². The Morgan fingerprint density at radius 2 is 1.76 bits per heavy atom. The minimum atomic E-state index is -0.259. The van der Waals surface area contributed by atoms with Crippen LogP contribution < -0.4 is 15.4 Å². The molecule has 2 N–H and O–H groups in total. The van der Waals surface area contributed by atoms with Gasteiger partial charge in [-0.3, -0.25) is 9.59 Å². The molecule has 0 aliphatic carbocycles. The summed E-state index contributed by atoms with van der Waals surface area (Å²) < 4.78 is 10.3. The lowest BCUT2D eigenvalue weighted by molar-refractivity contribution is -0.116. The molecular formula is C22H23N3O4. The van der Waals surface area contributed by atoms with E-state index in [0.717, 1.165) is 17.0 Å². The molecule has 29 heavy (non-hydrogen) atoms. The standard InChI is InChI=1S/C22H23N3O4/c1-14-18(15(2)29-25-14)12-13-21(26)23-17-10-8-16(9-11-17)22(27)24-19-6-4-5-7-20(19)28-3/h4-11H,12-13H2,1-3H3,(H,23,26)(H,24,27). The van der Waals surface area contributed by atoms with E-state index in [-0.39, 0.29) is 11.8 Å². The maximum absolute atomic E-state index is 12.4. The number of aryl methyl sites for hydroxylation is 2. The molecule has 0 saturated heterocycles. The molecule has 150 valence electrons. The number of methoxy groups -OCH3 is 1. The van der Waals surface area contributed by atoms with Gasteiger partial charge in [0.15, 0.2) is 0 Å². The van der Waals surface area contributed by atoms with Crippen molar-refractivity contribution >= 4 is 23.2 Å². The second kappa shape index (κ2) is 9.05. The number of carbonyl (C=O) groups is 2. The van der Waals surface area contributed by atoms with Crippen molar-refractivity contribution in [1.82, 2.24) is 5.16 Å². The normalized spacial score (nSPS) is 10.4. The van der Waals surface area contributed by atoms with Crippen molar-refractivity contribution < 1.29 is 18.8 Å². The Morgan fingerprint density at radius 1 is 1.03 bits per heavy atom. The minimum absolute atomic E-state index is 0.115. The number of amides is 2. The number of hydrogen-bond donors (Lipinski definition) is 2. The average Bonchev–Trinajstić information content (AvgIpc) is 3.05. The molecule has 2 amide bonds. The molecule has 0 bridgehead atoms. The van der Waals surface area contributed by atoms with E-state index in [1.54, 1.807) is 43.5 Å². The van der Waals surface area contributed by atoms with Crippen LogP contribution >= 0.6 is 0 Å². The third kappa shape index (κ3) is 5.01. The van der Waals surface area contributed by atoms with Crippen LogP contribution in [0, 0.1) is 13.8 Å². The zero-order valence-electron chi connectivity index (χ0n) is 16.6. The Labute approximate surface area is 169 Å². The molecule has 7 nitrogen and oxygen atoms in total. The molecule has 2 aromatic carbocycles. The van der Waals surface area contributed by atoms with Crippen LogP contribution in [0.15, 0.2) is 53.1 Å². The lowest BCUT2D eigenvalue weighted by atomic mass is 10.1. The topological polar surface area (TPSA) is 93.5 Å². The lowest BCUT2D eigenvalue weighted by Crippen LogP contribution is -2.14. The van der Waals surface area contributed by atoms with Crippen molar-refractivity contribution in [3.8, 4) is 5.75 Å². The molecule has 1 aromatic heterocycles. The summed E-state index contributed by atoms with van der Waals surface area (Å²) in [4.78, 5) is 24.7. The molecule has 0 aliphatic heterocycles. The van der Waals surface area contributed by atoms with Crippen LogP contribution in [0.3, 0.4) is 0 Å². The first-order valence-corrected chi connectivity index (χ1v) is 9.24. The highest BCUT2D eigenvalue weighted by Crippen LogP contribution is 2.24. The van der Waals surface area contributed by atoms with E-state index in [9.17, 15) is 9.59 Å². The van der Waals surface area contributed by atoms with Crippen molar-refractivity contribution in [3.63, 3.8) is 0 Å². The maximum Gasteiger partial charge on any atom is 0.255 e. The largest absolute Gasteiger partial charge is 0.495 e. The van der Waals surface area contributed by atoms with Gasteiger partial charge in [-0.1, -0.05) is 17.3 Å². The first kappa shape index (κ1) is 20.1. The summed E-state index contributed by atoms with van der Waals surface area (Å²) in [6.45, 7) is 3.70. The first-order chi connectivity index (χ1) is 14.0. The zero-order chi connectivity index (χ0) is 20.8. The Hall–Kier alpha value is -3.61. The predicted molar refractivity (Wildman–Crippen MR) is 110 cm³/mol. The summed E-state index contributed by atoms with van der Waals surface area (Å²) >= 11 is 0. The van der Waals surface area contributed by atoms with Crippen LogP contribution in [-0.2, 0) is 11.2 Å². The summed E-state index contributed by atoms with van der Waals surface area (Å²) in [6, 6.07) is 13.9. The van der Waals surface area contributed by atoms with E-state index in [0.29, 0.717) is 35.5 Å². The maximum atomic E-state index is 12.4. The number of carbonyl (C=O) groups excluding carboxylic acids is 2. The molecule has 0 spiro atoms. The van der Waals surface area contributed by atoms with E-state index in [2.05, 4.69) is 15.8 Å². The van der Waals surface area contributed by atoms with Crippen LogP contribution in [0.4, 0.5) is 11.4 Å². The van der Waals surface area contributed by atoms with Crippen molar-refractivity contribution in [3.05, 3.63) is 71.1 Å². The molecule has 0 aliphatic rings. The van der Waals surface area contributed by atoms with Crippen LogP contribution in [-0.4, -0.2) is 24.1 Å². The highest BCUT2D eigenvalue weighted by molar-refractivity contribution is 6.05. The van der Waals surface area contributed by atoms with Gasteiger partial charge in [0.25, 0.3) is 5.91 Å². The van der Waals surface area contributed by atoms with Gasteiger partial charge >= 0.3 is 0 Å². The average molecular weight is 393 g/mol. The van der Waals surface area contributed by atoms with Crippen LogP contribution in [0.1, 0.15) is 33.8 Å². The molecular weight excluding hydrogens is 370 g/mol. The Kier molecular flexibility index (Phi) is 6.29. The summed E-state index contributed by atoms with van der Waals surface area (Å²) in [5.41, 5.74) is 3.47. The number of nitrogens with one attached hydrogen (secondary N) is 2. The minimum Gasteiger partial charge on any atom is -0.495 e. The quantitative estimate of drug-likeness (QED) is 0.630. The fourth-order valence-corrected chi connectivity index (χ4v) is 2.97. The smallest absolute Gasteiger partial charge is 0.255 e.